The molecule has 0 amide bonds. The van der Waals surface area contributed by atoms with E-state index >= 15 is 0 Å². The molecule has 0 fully saturated rings. The quantitative estimate of drug-likeness (QED) is 0.706. The first-order chi connectivity index (χ1) is 8.45. The van der Waals surface area contributed by atoms with Crippen LogP contribution >= 0.6 is 0 Å². The predicted octanol–water partition coefficient (Wildman–Crippen LogP) is 3.08. The van der Waals surface area contributed by atoms with E-state index in [0.29, 0.717) is 19.8 Å². The molecule has 87 valence electrons. The highest BCUT2D eigenvalue weighted by Gasteiger charge is 1.93. The molecule has 0 heterocycles. The smallest absolute Gasteiger partial charge is 0.119 e. The third kappa shape index (κ3) is 4.29. The van der Waals surface area contributed by atoms with Gasteiger partial charge in [0.1, 0.15) is 12.4 Å². The Morgan fingerprint density at radius 2 is 1.65 bits per heavy atom. The zero-order chi connectivity index (χ0) is 11.8. The summed E-state index contributed by atoms with van der Waals surface area (Å²) in [4.78, 5) is 0. The average molecular weight is 227 g/mol. The molecule has 2 nitrogen and oxygen atoms in total. The molecule has 0 aromatic heterocycles. The summed E-state index contributed by atoms with van der Waals surface area (Å²) in [6.07, 6.45) is 0. The third-order valence-corrected chi connectivity index (χ3v) is 2.30. The van der Waals surface area contributed by atoms with Crippen LogP contribution < -0.4 is 4.74 Å². The highest BCUT2D eigenvalue weighted by Crippen LogP contribution is 2.07. The van der Waals surface area contributed by atoms with E-state index in [9.17, 15) is 0 Å². The summed E-state index contributed by atoms with van der Waals surface area (Å²) in [7, 11) is 0. The Hall–Kier alpha value is -1.80. The molecule has 0 unspecified atom stereocenters. The Balaban J connectivity index is 1.61. The van der Waals surface area contributed by atoms with Crippen molar-refractivity contribution >= 4 is 0 Å². The van der Waals surface area contributed by atoms with E-state index in [1.165, 1.54) is 5.56 Å². The second-order valence-corrected chi connectivity index (χ2v) is 3.62. The molecule has 2 aromatic rings. The van der Waals surface area contributed by atoms with Crippen LogP contribution in [0, 0.1) is 6.07 Å². The van der Waals surface area contributed by atoms with Crippen LogP contribution in [0.2, 0.25) is 0 Å². The van der Waals surface area contributed by atoms with E-state index in [4.69, 9.17) is 9.47 Å². The number of hydrogen-bond donors (Lipinski definition) is 0. The van der Waals surface area contributed by atoms with Gasteiger partial charge in [-0.3, -0.25) is 0 Å². The van der Waals surface area contributed by atoms with Gasteiger partial charge in [-0.25, -0.2) is 0 Å². The van der Waals surface area contributed by atoms with Gasteiger partial charge in [-0.05, 0) is 23.8 Å². The van der Waals surface area contributed by atoms with Crippen LogP contribution in [0.4, 0.5) is 0 Å². The van der Waals surface area contributed by atoms with Crippen LogP contribution in [0.5, 0.6) is 5.75 Å². The van der Waals surface area contributed by atoms with Crippen LogP contribution in [0.15, 0.2) is 54.6 Å². The van der Waals surface area contributed by atoms with Crippen molar-refractivity contribution in [3.05, 3.63) is 66.2 Å². The van der Waals surface area contributed by atoms with Crippen molar-refractivity contribution in [2.45, 2.75) is 6.61 Å². The molecule has 0 atom stereocenters. The van der Waals surface area contributed by atoms with E-state index in [0.717, 1.165) is 5.75 Å². The standard InChI is InChI=1S/C15H15O2/c1-3-7-14(8-4-1)13-16-11-12-17-15-9-5-2-6-10-15/h1,3-10H,11-13H2. The molecule has 0 bridgehead atoms. The lowest BCUT2D eigenvalue weighted by Gasteiger charge is -2.06. The van der Waals surface area contributed by atoms with Crippen molar-refractivity contribution in [2.75, 3.05) is 13.2 Å². The van der Waals surface area contributed by atoms with Crippen molar-refractivity contribution in [2.24, 2.45) is 0 Å². The van der Waals surface area contributed by atoms with Gasteiger partial charge in [0, 0.05) is 0 Å². The Kier molecular flexibility index (Phi) is 4.61. The molecule has 2 rings (SSSR count). The molecule has 17 heavy (non-hydrogen) atoms. The van der Waals surface area contributed by atoms with Gasteiger partial charge in [0.05, 0.1) is 13.2 Å². The van der Waals surface area contributed by atoms with Gasteiger partial charge in [0.2, 0.25) is 0 Å². The van der Waals surface area contributed by atoms with Gasteiger partial charge in [-0.15, -0.1) is 0 Å². The van der Waals surface area contributed by atoms with Crippen LogP contribution in [-0.2, 0) is 11.3 Å². The van der Waals surface area contributed by atoms with E-state index in [1.807, 2.05) is 54.6 Å². The summed E-state index contributed by atoms with van der Waals surface area (Å²) < 4.78 is 11.0. The molecular formula is C15H15O2. The summed E-state index contributed by atoms with van der Waals surface area (Å²) >= 11 is 0. The van der Waals surface area contributed by atoms with E-state index < -0.39 is 0 Å². The first-order valence-electron chi connectivity index (χ1n) is 5.66. The Morgan fingerprint density at radius 1 is 0.882 bits per heavy atom. The zero-order valence-corrected chi connectivity index (χ0v) is 9.63. The lowest BCUT2D eigenvalue weighted by molar-refractivity contribution is 0.0889. The SMILES string of the molecule is [c]1ccc(OCCOCc2ccccc2)cc1. The van der Waals surface area contributed by atoms with Crippen molar-refractivity contribution in [1.29, 1.82) is 0 Å². The van der Waals surface area contributed by atoms with E-state index in [2.05, 4.69) is 6.07 Å². The maximum absolute atomic E-state index is 5.51. The maximum Gasteiger partial charge on any atom is 0.119 e. The van der Waals surface area contributed by atoms with Gasteiger partial charge in [0.25, 0.3) is 0 Å². The number of benzene rings is 2. The number of hydrogen-bond acceptors (Lipinski definition) is 2. The van der Waals surface area contributed by atoms with E-state index in [1.54, 1.807) is 0 Å². The first kappa shape index (κ1) is 11.7. The molecule has 0 N–H and O–H groups in total. The van der Waals surface area contributed by atoms with Crippen LogP contribution in [0.25, 0.3) is 0 Å². The average Bonchev–Trinajstić information content (AvgIpc) is 2.41. The van der Waals surface area contributed by atoms with Gasteiger partial charge in [-0.2, -0.15) is 0 Å². The Bertz CT molecular complexity index is 370. The van der Waals surface area contributed by atoms with Crippen molar-refractivity contribution in [1.82, 2.24) is 0 Å². The van der Waals surface area contributed by atoms with Gasteiger partial charge >= 0.3 is 0 Å². The molecule has 0 saturated carbocycles. The lowest BCUT2D eigenvalue weighted by Crippen LogP contribution is -2.06. The molecule has 1 radical (unpaired) electrons. The lowest BCUT2D eigenvalue weighted by atomic mass is 10.2. The summed E-state index contributed by atoms with van der Waals surface area (Å²) in [5, 5.41) is 0. The zero-order valence-electron chi connectivity index (χ0n) is 9.63. The van der Waals surface area contributed by atoms with Crippen LogP contribution in [0.1, 0.15) is 5.56 Å². The highest BCUT2D eigenvalue weighted by molar-refractivity contribution is 5.20. The molecule has 2 aromatic carbocycles. The van der Waals surface area contributed by atoms with Crippen molar-refractivity contribution < 1.29 is 9.47 Å². The van der Waals surface area contributed by atoms with Gasteiger partial charge in [0.15, 0.2) is 0 Å². The van der Waals surface area contributed by atoms with Crippen LogP contribution in [0.3, 0.4) is 0 Å². The third-order valence-electron chi connectivity index (χ3n) is 2.30. The fourth-order valence-electron chi connectivity index (χ4n) is 1.45. The molecule has 0 aliphatic carbocycles. The van der Waals surface area contributed by atoms with Crippen molar-refractivity contribution in [3.8, 4) is 5.75 Å². The monoisotopic (exact) mass is 227 g/mol. The molecular weight excluding hydrogens is 212 g/mol. The largest absolute Gasteiger partial charge is 0.491 e. The van der Waals surface area contributed by atoms with Gasteiger partial charge < -0.3 is 9.47 Å². The molecule has 0 aliphatic heterocycles. The second-order valence-electron chi connectivity index (χ2n) is 3.62. The number of ether oxygens (including phenoxy) is 2. The number of rotatable bonds is 6. The van der Waals surface area contributed by atoms with Crippen molar-refractivity contribution in [3.63, 3.8) is 0 Å². The minimum Gasteiger partial charge on any atom is -0.491 e. The molecule has 0 spiro atoms. The Morgan fingerprint density at radius 3 is 2.41 bits per heavy atom. The normalized spacial score (nSPS) is 10.1. The fourth-order valence-corrected chi connectivity index (χ4v) is 1.45. The molecule has 2 heteroatoms. The maximum atomic E-state index is 5.51. The summed E-state index contributed by atoms with van der Waals surface area (Å²) in [6, 6.07) is 20.5. The predicted molar refractivity (Wildman–Crippen MR) is 66.9 cm³/mol. The Labute approximate surface area is 102 Å². The first-order valence-corrected chi connectivity index (χ1v) is 5.66. The summed E-state index contributed by atoms with van der Waals surface area (Å²) in [5.41, 5.74) is 1.18. The minimum absolute atomic E-state index is 0.566. The summed E-state index contributed by atoms with van der Waals surface area (Å²) in [5.74, 6) is 0.854. The topological polar surface area (TPSA) is 18.5 Å². The second kappa shape index (κ2) is 6.71. The molecule has 0 saturated heterocycles. The fraction of sp³-hybridized carbons (Fsp3) is 0.200. The van der Waals surface area contributed by atoms with Gasteiger partial charge in [-0.1, -0.05) is 42.5 Å². The van der Waals surface area contributed by atoms with Crippen LogP contribution in [-0.4, -0.2) is 13.2 Å². The minimum atomic E-state index is 0.566. The van der Waals surface area contributed by atoms with E-state index in [-0.39, 0.29) is 0 Å². The molecule has 0 aliphatic rings. The summed E-state index contributed by atoms with van der Waals surface area (Å²) in [6.45, 7) is 1.79. The highest BCUT2D eigenvalue weighted by atomic mass is 16.5.